The molecule has 20 heavy (non-hydrogen) atoms. The van der Waals surface area contributed by atoms with E-state index >= 15 is 0 Å². The fraction of sp³-hybridized carbons (Fsp3) is 0.467. The van der Waals surface area contributed by atoms with Crippen LogP contribution in [0.4, 0.5) is 0 Å². The summed E-state index contributed by atoms with van der Waals surface area (Å²) in [5.74, 6) is -0.564. The first kappa shape index (κ1) is 14.9. The first-order chi connectivity index (χ1) is 9.49. The van der Waals surface area contributed by atoms with E-state index in [2.05, 4.69) is 0 Å². The molecule has 2 rings (SSSR count). The number of hydrogen-bond acceptors (Lipinski definition) is 2. The predicted molar refractivity (Wildman–Crippen MR) is 78.2 cm³/mol. The molecule has 1 aliphatic rings. The van der Waals surface area contributed by atoms with Gasteiger partial charge in [-0.25, -0.2) is 0 Å². The molecule has 108 valence electrons. The number of piperidine rings is 1. The maximum absolute atomic E-state index is 12.4. The van der Waals surface area contributed by atoms with Crippen LogP contribution in [0.15, 0.2) is 24.3 Å². The Kier molecular flexibility index (Phi) is 4.65. The zero-order valence-corrected chi connectivity index (χ0v) is 12.3. The molecule has 0 aromatic heterocycles. The third kappa shape index (κ3) is 3.31. The molecule has 0 saturated carbocycles. The van der Waals surface area contributed by atoms with Gasteiger partial charge in [0.05, 0.1) is 12.3 Å². The zero-order chi connectivity index (χ0) is 14.7. The van der Waals surface area contributed by atoms with Crippen molar-refractivity contribution in [3.05, 3.63) is 34.9 Å². The summed E-state index contributed by atoms with van der Waals surface area (Å²) >= 11 is 6.08. The van der Waals surface area contributed by atoms with E-state index in [1.807, 2.05) is 25.1 Å². The summed E-state index contributed by atoms with van der Waals surface area (Å²) in [7, 11) is 0. The SMILES string of the molecule is CC1CCC(C(N)=O)CN1C(=O)Cc1ccccc1Cl. The third-order valence-corrected chi connectivity index (χ3v) is 4.27. The average Bonchev–Trinajstić information content (AvgIpc) is 2.41. The minimum atomic E-state index is -0.326. The summed E-state index contributed by atoms with van der Waals surface area (Å²) in [6.07, 6.45) is 1.82. The lowest BCUT2D eigenvalue weighted by Gasteiger charge is -2.37. The molecule has 0 radical (unpaired) electrons. The molecule has 2 N–H and O–H groups in total. The summed E-state index contributed by atoms with van der Waals surface area (Å²) < 4.78 is 0. The van der Waals surface area contributed by atoms with Crippen LogP contribution >= 0.6 is 11.6 Å². The summed E-state index contributed by atoms with van der Waals surface area (Å²) in [6, 6.07) is 7.46. The van der Waals surface area contributed by atoms with E-state index in [1.165, 1.54) is 0 Å². The number of primary amides is 1. The minimum Gasteiger partial charge on any atom is -0.369 e. The highest BCUT2D eigenvalue weighted by Crippen LogP contribution is 2.23. The van der Waals surface area contributed by atoms with Crippen LogP contribution in [0.2, 0.25) is 5.02 Å². The van der Waals surface area contributed by atoms with Crippen molar-refractivity contribution >= 4 is 23.4 Å². The Balaban J connectivity index is 2.07. The third-order valence-electron chi connectivity index (χ3n) is 3.90. The van der Waals surface area contributed by atoms with Crippen LogP contribution in [0.1, 0.15) is 25.3 Å². The molecule has 0 aliphatic carbocycles. The van der Waals surface area contributed by atoms with Gasteiger partial charge in [0, 0.05) is 17.6 Å². The zero-order valence-electron chi connectivity index (χ0n) is 11.5. The van der Waals surface area contributed by atoms with Gasteiger partial charge in [0.2, 0.25) is 11.8 Å². The molecule has 2 atom stereocenters. The molecule has 0 bridgehead atoms. The van der Waals surface area contributed by atoms with Crippen LogP contribution in [0.3, 0.4) is 0 Å². The minimum absolute atomic E-state index is 0.00319. The molecular formula is C15H19ClN2O2. The first-order valence-electron chi connectivity index (χ1n) is 6.81. The number of nitrogens with two attached hydrogens (primary N) is 1. The maximum Gasteiger partial charge on any atom is 0.227 e. The van der Waals surface area contributed by atoms with E-state index in [1.54, 1.807) is 11.0 Å². The van der Waals surface area contributed by atoms with Gasteiger partial charge in [0.15, 0.2) is 0 Å². The van der Waals surface area contributed by atoms with Crippen molar-refractivity contribution in [1.29, 1.82) is 0 Å². The van der Waals surface area contributed by atoms with Gasteiger partial charge in [-0.2, -0.15) is 0 Å². The molecular weight excluding hydrogens is 276 g/mol. The van der Waals surface area contributed by atoms with E-state index in [-0.39, 0.29) is 30.2 Å². The summed E-state index contributed by atoms with van der Waals surface area (Å²) in [6.45, 7) is 2.42. The summed E-state index contributed by atoms with van der Waals surface area (Å²) in [4.78, 5) is 25.5. The average molecular weight is 295 g/mol. The maximum atomic E-state index is 12.4. The van der Waals surface area contributed by atoms with Crippen LogP contribution in [-0.2, 0) is 16.0 Å². The van der Waals surface area contributed by atoms with E-state index in [9.17, 15) is 9.59 Å². The normalized spacial score (nSPS) is 22.6. The predicted octanol–water partition coefficient (Wildman–Crippen LogP) is 1.99. The van der Waals surface area contributed by atoms with Crippen molar-refractivity contribution in [1.82, 2.24) is 4.90 Å². The van der Waals surface area contributed by atoms with Crippen molar-refractivity contribution in [2.24, 2.45) is 11.7 Å². The Morgan fingerprint density at radius 1 is 1.35 bits per heavy atom. The van der Waals surface area contributed by atoms with Gasteiger partial charge in [-0.15, -0.1) is 0 Å². The van der Waals surface area contributed by atoms with Gasteiger partial charge < -0.3 is 10.6 Å². The molecule has 5 heteroatoms. The fourth-order valence-corrected chi connectivity index (χ4v) is 2.80. The number of likely N-dealkylation sites (tertiary alicyclic amines) is 1. The van der Waals surface area contributed by atoms with Crippen molar-refractivity contribution < 1.29 is 9.59 Å². The van der Waals surface area contributed by atoms with Gasteiger partial charge in [0.25, 0.3) is 0 Å². The monoisotopic (exact) mass is 294 g/mol. The van der Waals surface area contributed by atoms with E-state index in [0.29, 0.717) is 11.6 Å². The lowest BCUT2D eigenvalue weighted by atomic mass is 9.92. The van der Waals surface area contributed by atoms with Crippen molar-refractivity contribution in [2.75, 3.05) is 6.54 Å². The van der Waals surface area contributed by atoms with Gasteiger partial charge in [-0.1, -0.05) is 29.8 Å². The van der Waals surface area contributed by atoms with E-state index in [4.69, 9.17) is 17.3 Å². The lowest BCUT2D eigenvalue weighted by molar-refractivity contribution is -0.136. The number of carbonyl (C=O) groups excluding carboxylic acids is 2. The molecule has 4 nitrogen and oxygen atoms in total. The number of halogens is 1. The highest BCUT2D eigenvalue weighted by molar-refractivity contribution is 6.31. The van der Waals surface area contributed by atoms with Gasteiger partial charge in [0.1, 0.15) is 0 Å². The van der Waals surface area contributed by atoms with Crippen molar-refractivity contribution in [3.8, 4) is 0 Å². The highest BCUT2D eigenvalue weighted by Gasteiger charge is 2.31. The molecule has 1 fully saturated rings. The smallest absolute Gasteiger partial charge is 0.227 e. The topological polar surface area (TPSA) is 63.4 Å². The molecule has 0 spiro atoms. The second-order valence-electron chi connectivity index (χ2n) is 5.34. The number of nitrogens with zero attached hydrogens (tertiary/aromatic N) is 1. The molecule has 1 heterocycles. The quantitative estimate of drug-likeness (QED) is 0.926. The molecule has 1 aromatic rings. The lowest BCUT2D eigenvalue weighted by Crippen LogP contribution is -2.49. The molecule has 2 amide bonds. The molecule has 2 unspecified atom stereocenters. The molecule has 1 aromatic carbocycles. The number of benzene rings is 1. The van der Waals surface area contributed by atoms with Gasteiger partial charge in [-0.05, 0) is 31.4 Å². The number of hydrogen-bond donors (Lipinski definition) is 1. The Morgan fingerprint density at radius 2 is 2.05 bits per heavy atom. The molecule has 1 saturated heterocycles. The fourth-order valence-electron chi connectivity index (χ4n) is 2.59. The molecule has 1 aliphatic heterocycles. The highest BCUT2D eigenvalue weighted by atomic mass is 35.5. The Labute approximate surface area is 123 Å². The second kappa shape index (κ2) is 6.27. The van der Waals surface area contributed by atoms with Crippen molar-refractivity contribution in [2.45, 2.75) is 32.2 Å². The Bertz CT molecular complexity index is 518. The standard InChI is InChI=1S/C15H19ClN2O2/c1-10-6-7-12(15(17)20)9-18(10)14(19)8-11-4-2-3-5-13(11)16/h2-5,10,12H,6-9H2,1H3,(H2,17,20). The van der Waals surface area contributed by atoms with Crippen molar-refractivity contribution in [3.63, 3.8) is 0 Å². The largest absolute Gasteiger partial charge is 0.369 e. The summed E-state index contributed by atoms with van der Waals surface area (Å²) in [5, 5.41) is 0.594. The van der Waals surface area contributed by atoms with Crippen LogP contribution in [0, 0.1) is 5.92 Å². The van der Waals surface area contributed by atoms with Gasteiger partial charge >= 0.3 is 0 Å². The van der Waals surface area contributed by atoms with E-state index in [0.717, 1.165) is 18.4 Å². The van der Waals surface area contributed by atoms with Gasteiger partial charge in [-0.3, -0.25) is 9.59 Å². The number of rotatable bonds is 3. The number of carbonyl (C=O) groups is 2. The van der Waals surface area contributed by atoms with Crippen LogP contribution in [-0.4, -0.2) is 29.3 Å². The first-order valence-corrected chi connectivity index (χ1v) is 7.19. The Hall–Kier alpha value is -1.55. The van der Waals surface area contributed by atoms with Crippen LogP contribution in [0.5, 0.6) is 0 Å². The Morgan fingerprint density at radius 3 is 2.70 bits per heavy atom. The van der Waals surface area contributed by atoms with Crippen LogP contribution in [0.25, 0.3) is 0 Å². The second-order valence-corrected chi connectivity index (χ2v) is 5.75. The van der Waals surface area contributed by atoms with Crippen LogP contribution < -0.4 is 5.73 Å². The summed E-state index contributed by atoms with van der Waals surface area (Å²) in [5.41, 5.74) is 6.17. The van der Waals surface area contributed by atoms with E-state index < -0.39 is 0 Å². The number of amides is 2.